The molecule has 0 aromatic heterocycles. The number of carbonyl (C=O) groups excluding carboxylic acids is 1. The predicted octanol–water partition coefficient (Wildman–Crippen LogP) is -1.63. The third-order valence-electron chi connectivity index (χ3n) is 10.2. The lowest BCUT2D eigenvalue weighted by Gasteiger charge is -2.41. The van der Waals surface area contributed by atoms with Gasteiger partial charge >= 0.3 is 0 Å². The van der Waals surface area contributed by atoms with Crippen LogP contribution < -0.4 is 0 Å². The van der Waals surface area contributed by atoms with E-state index in [2.05, 4.69) is 23.7 Å². The lowest BCUT2D eigenvalue weighted by atomic mass is 9.70. The number of hydrogen-bond donors (Lipinski definition) is 8. The van der Waals surface area contributed by atoms with Crippen LogP contribution in [0.4, 0.5) is 0 Å². The second-order valence-corrected chi connectivity index (χ2v) is 13.0. The van der Waals surface area contributed by atoms with Gasteiger partial charge in [-0.05, 0) is 65.8 Å². The Bertz CT molecular complexity index is 1650. The van der Waals surface area contributed by atoms with Gasteiger partial charge in [0.05, 0.1) is 12.7 Å². The molecule has 4 aliphatic rings. The summed E-state index contributed by atoms with van der Waals surface area (Å²) in [5.74, 6) is 11.8. The first-order valence-corrected chi connectivity index (χ1v) is 16.2. The van der Waals surface area contributed by atoms with E-state index in [0.717, 1.165) is 22.3 Å². The molecule has 48 heavy (non-hydrogen) atoms. The first kappa shape index (κ1) is 34.5. The number of aliphatic hydroxyl groups is 8. The summed E-state index contributed by atoms with van der Waals surface area (Å²) in [4.78, 5) is 14.1. The molecule has 3 saturated heterocycles. The summed E-state index contributed by atoms with van der Waals surface area (Å²) >= 11 is 0. The van der Waals surface area contributed by atoms with E-state index in [-0.39, 0.29) is 18.9 Å². The van der Waals surface area contributed by atoms with Crippen LogP contribution in [0, 0.1) is 23.7 Å². The molecule has 0 saturated carbocycles. The van der Waals surface area contributed by atoms with Crippen molar-refractivity contribution in [3.63, 3.8) is 0 Å². The van der Waals surface area contributed by atoms with E-state index in [1.165, 1.54) is 0 Å². The molecule has 1 aliphatic carbocycles. The lowest BCUT2D eigenvalue weighted by Crippen LogP contribution is -2.58. The maximum Gasteiger partial charge on any atom is 0.219 e. The molecule has 12 heteroatoms. The van der Waals surface area contributed by atoms with Gasteiger partial charge in [0.15, 0.2) is 0 Å². The highest BCUT2D eigenvalue weighted by atomic mass is 16.5. The summed E-state index contributed by atoms with van der Waals surface area (Å²) in [5, 5.41) is 80.7. The number of nitrogens with zero attached hydrogens (tertiary/aromatic N) is 1. The zero-order chi connectivity index (χ0) is 34.3. The van der Waals surface area contributed by atoms with Gasteiger partial charge in [0.1, 0.15) is 54.9 Å². The Hall–Kier alpha value is -3.37. The van der Waals surface area contributed by atoms with Crippen molar-refractivity contribution < 1.29 is 55.1 Å². The Labute approximate surface area is 278 Å². The molecule has 3 heterocycles. The van der Waals surface area contributed by atoms with E-state index in [4.69, 9.17) is 9.47 Å². The van der Waals surface area contributed by atoms with Crippen molar-refractivity contribution in [2.24, 2.45) is 0 Å². The third-order valence-corrected chi connectivity index (χ3v) is 10.2. The summed E-state index contributed by atoms with van der Waals surface area (Å²) < 4.78 is 11.3. The fourth-order valence-corrected chi connectivity index (χ4v) is 7.36. The molecule has 0 radical (unpaired) electrons. The first-order valence-electron chi connectivity index (χ1n) is 16.2. The molecular formula is C36H41NO11. The number of amides is 1. The zero-order valence-electron chi connectivity index (χ0n) is 26.4. The van der Waals surface area contributed by atoms with Crippen LogP contribution in [0.1, 0.15) is 48.4 Å². The fraction of sp³-hybridized carbons (Fsp3) is 0.528. The highest BCUT2D eigenvalue weighted by molar-refractivity contribution is 5.83. The van der Waals surface area contributed by atoms with Crippen LogP contribution in [0.5, 0.6) is 0 Å². The van der Waals surface area contributed by atoms with E-state index in [1.54, 1.807) is 6.92 Å². The number of fused-ring (bicyclic) bond motifs is 5. The van der Waals surface area contributed by atoms with Crippen molar-refractivity contribution >= 4 is 5.91 Å². The summed E-state index contributed by atoms with van der Waals surface area (Å²) in [7, 11) is 0. The molecule has 3 aliphatic heterocycles. The fourth-order valence-electron chi connectivity index (χ4n) is 7.36. The Kier molecular flexibility index (Phi) is 9.96. The van der Waals surface area contributed by atoms with E-state index in [0.29, 0.717) is 37.1 Å². The zero-order valence-corrected chi connectivity index (χ0v) is 26.4. The quantitative estimate of drug-likeness (QED) is 0.176. The molecule has 2 aromatic rings. The van der Waals surface area contributed by atoms with Crippen molar-refractivity contribution in [3.05, 3.63) is 58.7 Å². The van der Waals surface area contributed by atoms with Gasteiger partial charge in [-0.15, -0.1) is 0 Å². The van der Waals surface area contributed by atoms with Crippen LogP contribution >= 0.6 is 0 Å². The number of rotatable bonds is 3. The third kappa shape index (κ3) is 6.15. The molecule has 10 atom stereocenters. The normalized spacial score (nSPS) is 33.6. The van der Waals surface area contributed by atoms with E-state index in [9.17, 15) is 45.6 Å². The van der Waals surface area contributed by atoms with Crippen LogP contribution in [-0.4, -0.2) is 139 Å². The summed E-state index contributed by atoms with van der Waals surface area (Å²) in [5.41, 5.74) is 4.89. The van der Waals surface area contributed by atoms with Crippen LogP contribution in [0.3, 0.4) is 0 Å². The van der Waals surface area contributed by atoms with Crippen molar-refractivity contribution in [1.82, 2.24) is 4.90 Å². The minimum Gasteiger partial charge on any atom is -0.396 e. The maximum absolute atomic E-state index is 12.2. The second kappa shape index (κ2) is 13.9. The molecule has 0 bridgehead atoms. The van der Waals surface area contributed by atoms with Crippen LogP contribution in [0.2, 0.25) is 0 Å². The SMILES string of the molecule is CC(=O)N1CCC2(CC1)c1cc(C#C[C@H]3O[C@H](CO)[C@@H](O)[C@H](O)[C@@H]3O)ccc1-c1ccc(C#C[C@H]3O[C@H](CCO)[C@@H](O)[C@H](O)[C@@H]3O)cc12. The first-order chi connectivity index (χ1) is 23.0. The van der Waals surface area contributed by atoms with Crippen molar-refractivity contribution in [1.29, 1.82) is 0 Å². The van der Waals surface area contributed by atoms with Gasteiger partial charge in [0.2, 0.25) is 5.91 Å². The maximum atomic E-state index is 12.2. The Morgan fingerprint density at radius 3 is 1.69 bits per heavy atom. The summed E-state index contributed by atoms with van der Waals surface area (Å²) in [6, 6.07) is 11.6. The molecule has 0 unspecified atom stereocenters. The van der Waals surface area contributed by atoms with Gasteiger partial charge in [-0.25, -0.2) is 0 Å². The molecule has 6 rings (SSSR count). The van der Waals surface area contributed by atoms with Gasteiger partial charge in [-0.3, -0.25) is 4.79 Å². The minimum atomic E-state index is -1.52. The van der Waals surface area contributed by atoms with Gasteiger partial charge in [-0.2, -0.15) is 0 Å². The molecule has 1 amide bonds. The molecule has 3 fully saturated rings. The molecule has 256 valence electrons. The van der Waals surface area contributed by atoms with Crippen molar-refractivity contribution in [3.8, 4) is 34.8 Å². The Morgan fingerprint density at radius 1 is 0.750 bits per heavy atom. The number of hydrogen-bond acceptors (Lipinski definition) is 11. The van der Waals surface area contributed by atoms with Crippen LogP contribution in [0.25, 0.3) is 11.1 Å². The highest BCUT2D eigenvalue weighted by Gasteiger charge is 2.47. The predicted molar refractivity (Wildman–Crippen MR) is 170 cm³/mol. The standard InChI is InChI=1S/C36H41NO11/c1-19(40)37-13-11-36(12-14-37)24-16-20(4-8-26-30(41)34(45)32(43)28(47-26)10-15-38)2-6-22(24)23-7-3-21(17-25(23)36)5-9-27-31(42)35(46)33(44)29(18-39)48-27/h2-3,6-7,16-17,26-35,38-39,41-46H,10-15,18H2,1H3/t26-,27-,28-,29-,30-,31-,32-,33-,34-,35-/m1/s1. The average molecular weight is 664 g/mol. The number of piperidine rings is 1. The molecule has 12 nitrogen and oxygen atoms in total. The summed E-state index contributed by atoms with van der Waals surface area (Å²) in [6.45, 7) is 1.83. The van der Waals surface area contributed by atoms with Gasteiger partial charge < -0.3 is 55.2 Å². The molecule has 8 N–H and O–H groups in total. The van der Waals surface area contributed by atoms with Crippen molar-refractivity contribution in [2.75, 3.05) is 26.3 Å². The van der Waals surface area contributed by atoms with Gasteiger partial charge in [0.25, 0.3) is 0 Å². The summed E-state index contributed by atoms with van der Waals surface area (Å²) in [6.07, 6.45) is -11.5. The van der Waals surface area contributed by atoms with E-state index in [1.807, 2.05) is 41.3 Å². The number of ether oxygens (including phenoxy) is 2. The van der Waals surface area contributed by atoms with E-state index >= 15 is 0 Å². The Balaban J connectivity index is 1.33. The highest BCUT2D eigenvalue weighted by Crippen LogP contribution is 2.54. The number of likely N-dealkylation sites (tertiary alicyclic amines) is 1. The molecule has 1 spiro atoms. The lowest BCUT2D eigenvalue weighted by molar-refractivity contribution is -0.214. The smallest absolute Gasteiger partial charge is 0.219 e. The molecular weight excluding hydrogens is 622 g/mol. The minimum absolute atomic E-state index is 0.0000876. The van der Waals surface area contributed by atoms with Crippen LogP contribution in [-0.2, 0) is 19.7 Å². The Morgan fingerprint density at radius 2 is 1.23 bits per heavy atom. The number of carbonyl (C=O) groups is 1. The monoisotopic (exact) mass is 663 g/mol. The van der Waals surface area contributed by atoms with E-state index < -0.39 is 73.1 Å². The largest absolute Gasteiger partial charge is 0.396 e. The number of benzene rings is 2. The second-order valence-electron chi connectivity index (χ2n) is 13.0. The molecule has 2 aromatic carbocycles. The topological polar surface area (TPSA) is 201 Å². The average Bonchev–Trinajstić information content (AvgIpc) is 3.34. The van der Waals surface area contributed by atoms with Crippen LogP contribution in [0.15, 0.2) is 36.4 Å². The number of aliphatic hydroxyl groups excluding tert-OH is 8. The van der Waals surface area contributed by atoms with Gasteiger partial charge in [-0.1, -0.05) is 35.8 Å². The van der Waals surface area contributed by atoms with Gasteiger partial charge in [0, 0.05) is 43.2 Å². The van der Waals surface area contributed by atoms with Crippen molar-refractivity contribution in [2.45, 2.75) is 92.6 Å².